The maximum absolute atomic E-state index is 10.6. The molecular formula is C11H21OP. The van der Waals surface area contributed by atoms with Gasteiger partial charge in [-0.1, -0.05) is 40.7 Å². The first-order valence-electron chi connectivity index (χ1n) is 4.69. The van der Waals surface area contributed by atoms with Crippen LogP contribution in [0.3, 0.4) is 0 Å². The number of hydrogen-bond acceptors (Lipinski definition) is 1. The molecule has 0 aliphatic heterocycles. The van der Waals surface area contributed by atoms with Gasteiger partial charge in [0, 0.05) is 5.31 Å². The summed E-state index contributed by atoms with van der Waals surface area (Å²) in [7, 11) is 0.146. The third-order valence-corrected chi connectivity index (χ3v) is 2.15. The second-order valence-electron chi connectivity index (χ2n) is 5.60. The highest BCUT2D eigenvalue weighted by Crippen LogP contribution is 2.35. The quantitative estimate of drug-likeness (QED) is 0.606. The van der Waals surface area contributed by atoms with Crippen molar-refractivity contribution in [3.63, 3.8) is 0 Å². The summed E-state index contributed by atoms with van der Waals surface area (Å²) < 4.78 is 10.6. The summed E-state index contributed by atoms with van der Waals surface area (Å²) in [6.07, 6.45) is 3.21. The Morgan fingerprint density at radius 3 is 2.00 bits per heavy atom. The molecule has 0 atom stereocenters. The van der Waals surface area contributed by atoms with Crippen LogP contribution in [0, 0.1) is 10.8 Å². The van der Waals surface area contributed by atoms with Gasteiger partial charge in [0.15, 0.2) is 8.46 Å². The highest BCUT2D eigenvalue weighted by Gasteiger charge is 2.23. The van der Waals surface area contributed by atoms with Gasteiger partial charge in [-0.2, -0.15) is 0 Å². The van der Waals surface area contributed by atoms with E-state index >= 15 is 0 Å². The largest absolute Gasteiger partial charge is 0.270 e. The van der Waals surface area contributed by atoms with Gasteiger partial charge >= 0.3 is 0 Å². The number of hydrogen-bond donors (Lipinski definition) is 0. The predicted molar refractivity (Wildman–Crippen MR) is 59.2 cm³/mol. The molecule has 0 unspecified atom stereocenters. The van der Waals surface area contributed by atoms with E-state index in [1.807, 2.05) is 6.92 Å². The van der Waals surface area contributed by atoms with Gasteiger partial charge in [0.25, 0.3) is 0 Å². The van der Waals surface area contributed by atoms with Gasteiger partial charge < -0.3 is 0 Å². The second kappa shape index (κ2) is 4.37. The van der Waals surface area contributed by atoms with Crippen molar-refractivity contribution in [3.05, 3.63) is 11.4 Å². The molecule has 0 heterocycles. The van der Waals surface area contributed by atoms with Crippen LogP contribution in [-0.4, -0.2) is 0 Å². The Kier molecular flexibility index (Phi) is 4.32. The lowest BCUT2D eigenvalue weighted by atomic mass is 9.76. The smallest absolute Gasteiger partial charge is 0.187 e. The summed E-state index contributed by atoms with van der Waals surface area (Å²) in [5, 5.41) is 0.925. The highest BCUT2D eigenvalue weighted by molar-refractivity contribution is 7.29. The summed E-state index contributed by atoms with van der Waals surface area (Å²) in [4.78, 5) is 0. The third-order valence-electron chi connectivity index (χ3n) is 1.73. The molecule has 0 bridgehead atoms. The zero-order chi connectivity index (χ0) is 10.7. The standard InChI is InChI=1S/C11H21OP/c1-9(13-12)7-11(5,6)8-10(2,3)4/h7H,8H2,1-6H3. The SMILES string of the molecule is CC(=CC(C)(C)CC(C)(C)C)P=O. The monoisotopic (exact) mass is 200 g/mol. The minimum atomic E-state index is 0.139. The first kappa shape index (κ1) is 12.8. The molecule has 0 saturated heterocycles. The summed E-state index contributed by atoms with van der Waals surface area (Å²) in [6.45, 7) is 13.0. The lowest BCUT2D eigenvalue weighted by Gasteiger charge is -2.30. The fourth-order valence-corrected chi connectivity index (χ4v) is 2.41. The molecule has 1 nitrogen and oxygen atoms in total. The fraction of sp³-hybridized carbons (Fsp3) is 0.818. The zero-order valence-electron chi connectivity index (χ0n) is 9.64. The first-order chi connectivity index (χ1) is 5.66. The Hall–Kier alpha value is -0.160. The molecule has 0 aliphatic carbocycles. The van der Waals surface area contributed by atoms with Gasteiger partial charge in [-0.15, -0.1) is 0 Å². The predicted octanol–water partition coefficient (Wildman–Crippen LogP) is 4.64. The molecule has 0 amide bonds. The lowest BCUT2D eigenvalue weighted by Crippen LogP contribution is -2.18. The van der Waals surface area contributed by atoms with Gasteiger partial charge in [-0.05, 0) is 24.2 Å². The molecule has 2 heteroatoms. The maximum Gasteiger partial charge on any atom is 0.187 e. The van der Waals surface area contributed by atoms with E-state index in [1.165, 1.54) is 0 Å². The van der Waals surface area contributed by atoms with Crippen molar-refractivity contribution in [2.75, 3.05) is 0 Å². The average Bonchev–Trinajstić information content (AvgIpc) is 1.80. The van der Waals surface area contributed by atoms with Crippen molar-refractivity contribution in [2.24, 2.45) is 10.8 Å². The summed E-state index contributed by atoms with van der Waals surface area (Å²) in [5.74, 6) is 0. The molecule has 76 valence electrons. The van der Waals surface area contributed by atoms with Crippen LogP contribution in [0.25, 0.3) is 0 Å². The minimum absolute atomic E-state index is 0.139. The zero-order valence-corrected chi connectivity index (χ0v) is 10.5. The second-order valence-corrected chi connectivity index (χ2v) is 6.49. The van der Waals surface area contributed by atoms with E-state index in [2.05, 4.69) is 40.7 Å². The van der Waals surface area contributed by atoms with E-state index in [4.69, 9.17) is 0 Å². The Morgan fingerprint density at radius 2 is 1.69 bits per heavy atom. The van der Waals surface area contributed by atoms with Crippen LogP contribution in [0.15, 0.2) is 11.4 Å². The van der Waals surface area contributed by atoms with Gasteiger partial charge in [-0.3, -0.25) is 4.57 Å². The molecule has 0 spiro atoms. The number of rotatable bonds is 3. The highest BCUT2D eigenvalue weighted by atomic mass is 31.1. The van der Waals surface area contributed by atoms with Crippen molar-refractivity contribution in [2.45, 2.75) is 48.0 Å². The molecule has 0 aliphatic rings. The molecule has 0 aromatic carbocycles. The first-order valence-corrected chi connectivity index (χ1v) is 5.50. The van der Waals surface area contributed by atoms with Crippen LogP contribution < -0.4 is 0 Å². The molecule has 0 N–H and O–H groups in total. The molecule has 0 fully saturated rings. The Balaban J connectivity index is 4.50. The van der Waals surface area contributed by atoms with Gasteiger partial charge in [0.2, 0.25) is 0 Å². The third kappa shape index (κ3) is 6.95. The molecule has 0 aromatic heterocycles. The summed E-state index contributed by atoms with van der Waals surface area (Å²) in [5.41, 5.74) is 0.458. The Labute approximate surface area is 83.8 Å². The van der Waals surface area contributed by atoms with E-state index in [0.29, 0.717) is 5.41 Å². The number of allylic oxidation sites excluding steroid dienone is 2. The summed E-state index contributed by atoms with van der Waals surface area (Å²) in [6, 6.07) is 0. The topological polar surface area (TPSA) is 17.1 Å². The van der Waals surface area contributed by atoms with Crippen molar-refractivity contribution >= 4 is 8.46 Å². The Morgan fingerprint density at radius 1 is 1.23 bits per heavy atom. The van der Waals surface area contributed by atoms with Crippen LogP contribution in [0.1, 0.15) is 48.0 Å². The lowest BCUT2D eigenvalue weighted by molar-refractivity contribution is 0.261. The summed E-state index contributed by atoms with van der Waals surface area (Å²) >= 11 is 0. The van der Waals surface area contributed by atoms with E-state index in [9.17, 15) is 4.57 Å². The average molecular weight is 200 g/mol. The van der Waals surface area contributed by atoms with Crippen LogP contribution in [0.2, 0.25) is 0 Å². The normalized spacial score (nSPS) is 15.1. The van der Waals surface area contributed by atoms with Crippen LogP contribution in [-0.2, 0) is 4.57 Å². The minimum Gasteiger partial charge on any atom is -0.270 e. The van der Waals surface area contributed by atoms with E-state index in [-0.39, 0.29) is 13.9 Å². The van der Waals surface area contributed by atoms with E-state index < -0.39 is 0 Å². The fourth-order valence-electron chi connectivity index (χ4n) is 2.01. The van der Waals surface area contributed by atoms with Gasteiger partial charge in [-0.25, -0.2) is 0 Å². The molecular weight excluding hydrogens is 179 g/mol. The maximum atomic E-state index is 10.6. The van der Waals surface area contributed by atoms with Crippen molar-refractivity contribution in [1.82, 2.24) is 0 Å². The van der Waals surface area contributed by atoms with Gasteiger partial charge in [0.1, 0.15) is 0 Å². The molecule has 0 saturated carbocycles. The molecule has 0 rings (SSSR count). The van der Waals surface area contributed by atoms with Crippen molar-refractivity contribution in [3.8, 4) is 0 Å². The van der Waals surface area contributed by atoms with Crippen LogP contribution in [0.4, 0.5) is 0 Å². The molecule has 0 radical (unpaired) electrons. The van der Waals surface area contributed by atoms with Crippen LogP contribution in [0.5, 0.6) is 0 Å². The van der Waals surface area contributed by atoms with Crippen molar-refractivity contribution < 1.29 is 4.57 Å². The van der Waals surface area contributed by atoms with Gasteiger partial charge in [0.05, 0.1) is 0 Å². The Bertz CT molecular complexity index is 209. The molecule has 0 aromatic rings. The van der Waals surface area contributed by atoms with E-state index in [0.717, 1.165) is 11.7 Å². The van der Waals surface area contributed by atoms with Crippen molar-refractivity contribution in [1.29, 1.82) is 0 Å². The van der Waals surface area contributed by atoms with E-state index in [1.54, 1.807) is 0 Å². The van der Waals surface area contributed by atoms with Crippen LogP contribution >= 0.6 is 8.46 Å². The molecule has 13 heavy (non-hydrogen) atoms.